The molecule has 0 unspecified atom stereocenters. The summed E-state index contributed by atoms with van der Waals surface area (Å²) in [4.78, 5) is 2.29. The number of hydrogen-bond donors (Lipinski definition) is 2. The Morgan fingerprint density at radius 2 is 2.06 bits per heavy atom. The second-order valence-corrected chi connectivity index (χ2v) is 5.30. The Balaban J connectivity index is 2.13. The molecule has 1 aliphatic rings. The third-order valence-electron chi connectivity index (χ3n) is 3.65. The molecule has 1 saturated heterocycles. The van der Waals surface area contributed by atoms with Gasteiger partial charge in [0.2, 0.25) is 0 Å². The van der Waals surface area contributed by atoms with E-state index in [-0.39, 0.29) is 6.61 Å². The fraction of sp³-hybridized carbons (Fsp3) is 0.538. The molecule has 1 aliphatic heterocycles. The average Bonchev–Trinajstić information content (AvgIpc) is 2.34. The SMILES string of the molecule is Cc1c(Cl)cccc1N1CCC(N)(CO)CC1. The van der Waals surface area contributed by atoms with Crippen molar-refractivity contribution >= 4 is 17.3 Å². The molecule has 17 heavy (non-hydrogen) atoms. The number of aliphatic hydroxyl groups is 1. The largest absolute Gasteiger partial charge is 0.394 e. The normalized spacial score (nSPS) is 19.4. The van der Waals surface area contributed by atoms with E-state index in [0.29, 0.717) is 0 Å². The van der Waals surface area contributed by atoms with Crippen molar-refractivity contribution in [3.8, 4) is 0 Å². The van der Waals surface area contributed by atoms with E-state index in [9.17, 15) is 5.11 Å². The van der Waals surface area contributed by atoms with Crippen LogP contribution in [0.25, 0.3) is 0 Å². The summed E-state index contributed by atoms with van der Waals surface area (Å²) >= 11 is 6.13. The minimum atomic E-state index is -0.400. The molecular weight excluding hydrogens is 236 g/mol. The average molecular weight is 255 g/mol. The summed E-state index contributed by atoms with van der Waals surface area (Å²) in [5.41, 5.74) is 7.96. The zero-order valence-corrected chi connectivity index (χ0v) is 10.9. The van der Waals surface area contributed by atoms with Crippen molar-refractivity contribution in [1.82, 2.24) is 0 Å². The summed E-state index contributed by atoms with van der Waals surface area (Å²) in [6, 6.07) is 5.97. The van der Waals surface area contributed by atoms with Crippen LogP contribution in [0.3, 0.4) is 0 Å². The molecule has 0 aromatic heterocycles. The molecule has 4 heteroatoms. The number of anilines is 1. The van der Waals surface area contributed by atoms with Gasteiger partial charge in [-0.2, -0.15) is 0 Å². The summed E-state index contributed by atoms with van der Waals surface area (Å²) in [5, 5.41) is 10.0. The lowest BCUT2D eigenvalue weighted by Gasteiger charge is -2.39. The maximum absolute atomic E-state index is 9.24. The molecule has 3 N–H and O–H groups in total. The van der Waals surface area contributed by atoms with Crippen molar-refractivity contribution in [2.24, 2.45) is 5.73 Å². The minimum absolute atomic E-state index is 0.0648. The summed E-state index contributed by atoms with van der Waals surface area (Å²) in [6.07, 6.45) is 1.63. The topological polar surface area (TPSA) is 49.5 Å². The Morgan fingerprint density at radius 3 is 2.65 bits per heavy atom. The molecule has 1 fully saturated rings. The molecule has 1 heterocycles. The van der Waals surface area contributed by atoms with E-state index in [2.05, 4.69) is 11.0 Å². The Labute approximate surface area is 107 Å². The quantitative estimate of drug-likeness (QED) is 0.848. The number of nitrogens with two attached hydrogens (primary N) is 1. The van der Waals surface area contributed by atoms with Crippen molar-refractivity contribution in [3.05, 3.63) is 28.8 Å². The highest BCUT2D eigenvalue weighted by atomic mass is 35.5. The van der Waals surface area contributed by atoms with Crippen molar-refractivity contribution in [1.29, 1.82) is 0 Å². The van der Waals surface area contributed by atoms with Crippen LogP contribution in [0.4, 0.5) is 5.69 Å². The lowest BCUT2D eigenvalue weighted by Crippen LogP contribution is -2.53. The van der Waals surface area contributed by atoms with Crippen molar-refractivity contribution in [2.45, 2.75) is 25.3 Å². The van der Waals surface area contributed by atoms with Crippen LogP contribution in [0, 0.1) is 6.92 Å². The van der Waals surface area contributed by atoms with Gasteiger partial charge in [-0.05, 0) is 37.5 Å². The summed E-state index contributed by atoms with van der Waals surface area (Å²) in [5.74, 6) is 0. The summed E-state index contributed by atoms with van der Waals surface area (Å²) in [7, 11) is 0. The van der Waals surface area contributed by atoms with Gasteiger partial charge < -0.3 is 15.7 Å². The van der Waals surface area contributed by atoms with Gasteiger partial charge in [0, 0.05) is 29.3 Å². The third-order valence-corrected chi connectivity index (χ3v) is 4.06. The van der Waals surface area contributed by atoms with Crippen LogP contribution >= 0.6 is 11.6 Å². The molecule has 2 rings (SSSR count). The third kappa shape index (κ3) is 2.57. The Hall–Kier alpha value is -0.770. The van der Waals surface area contributed by atoms with Crippen LogP contribution in [0.2, 0.25) is 5.02 Å². The molecule has 3 nitrogen and oxygen atoms in total. The van der Waals surface area contributed by atoms with Gasteiger partial charge in [-0.15, -0.1) is 0 Å². The molecule has 0 aliphatic carbocycles. The van der Waals surface area contributed by atoms with Gasteiger partial charge in [-0.25, -0.2) is 0 Å². The lowest BCUT2D eigenvalue weighted by molar-refractivity contribution is 0.170. The van der Waals surface area contributed by atoms with E-state index in [1.807, 2.05) is 19.1 Å². The first-order valence-corrected chi connectivity index (χ1v) is 6.33. The molecule has 0 atom stereocenters. The second kappa shape index (κ2) is 4.84. The van der Waals surface area contributed by atoms with Gasteiger partial charge in [-0.1, -0.05) is 17.7 Å². The number of aliphatic hydroxyl groups excluding tert-OH is 1. The van der Waals surface area contributed by atoms with Crippen LogP contribution in [0.5, 0.6) is 0 Å². The number of piperidine rings is 1. The van der Waals surface area contributed by atoms with E-state index < -0.39 is 5.54 Å². The van der Waals surface area contributed by atoms with Gasteiger partial charge in [0.1, 0.15) is 0 Å². The summed E-state index contributed by atoms with van der Waals surface area (Å²) < 4.78 is 0. The van der Waals surface area contributed by atoms with Gasteiger partial charge in [0.05, 0.1) is 6.61 Å². The minimum Gasteiger partial charge on any atom is -0.394 e. The molecule has 94 valence electrons. The molecule has 0 spiro atoms. The number of hydrogen-bond acceptors (Lipinski definition) is 3. The van der Waals surface area contributed by atoms with E-state index in [0.717, 1.165) is 36.5 Å². The highest BCUT2D eigenvalue weighted by Gasteiger charge is 2.30. The van der Waals surface area contributed by atoms with Crippen LogP contribution in [-0.2, 0) is 0 Å². The zero-order valence-electron chi connectivity index (χ0n) is 10.1. The second-order valence-electron chi connectivity index (χ2n) is 4.89. The van der Waals surface area contributed by atoms with Gasteiger partial charge in [0.25, 0.3) is 0 Å². The molecule has 0 radical (unpaired) electrons. The maximum atomic E-state index is 9.24. The summed E-state index contributed by atoms with van der Waals surface area (Å²) in [6.45, 7) is 3.85. The predicted molar refractivity (Wildman–Crippen MR) is 71.6 cm³/mol. The molecule has 0 amide bonds. The fourth-order valence-electron chi connectivity index (χ4n) is 2.29. The zero-order chi connectivity index (χ0) is 12.5. The lowest BCUT2D eigenvalue weighted by atomic mass is 9.89. The first-order chi connectivity index (χ1) is 8.06. The van der Waals surface area contributed by atoms with E-state index >= 15 is 0 Å². The number of nitrogens with zero attached hydrogens (tertiary/aromatic N) is 1. The van der Waals surface area contributed by atoms with E-state index in [1.165, 1.54) is 5.69 Å². The molecule has 1 aromatic carbocycles. The Kier molecular flexibility index (Phi) is 3.61. The highest BCUT2D eigenvalue weighted by Crippen LogP contribution is 2.30. The maximum Gasteiger partial charge on any atom is 0.0612 e. The van der Waals surface area contributed by atoms with Gasteiger partial charge in [0.15, 0.2) is 0 Å². The van der Waals surface area contributed by atoms with E-state index in [4.69, 9.17) is 17.3 Å². The van der Waals surface area contributed by atoms with Crippen molar-refractivity contribution in [3.63, 3.8) is 0 Å². The highest BCUT2D eigenvalue weighted by molar-refractivity contribution is 6.31. The van der Waals surface area contributed by atoms with Crippen LogP contribution in [-0.4, -0.2) is 30.3 Å². The van der Waals surface area contributed by atoms with Gasteiger partial charge in [-0.3, -0.25) is 0 Å². The first kappa shape index (κ1) is 12.7. The van der Waals surface area contributed by atoms with Gasteiger partial charge >= 0.3 is 0 Å². The van der Waals surface area contributed by atoms with Crippen molar-refractivity contribution in [2.75, 3.05) is 24.6 Å². The molecular formula is C13H19ClN2O. The first-order valence-electron chi connectivity index (χ1n) is 5.95. The number of halogens is 1. The monoisotopic (exact) mass is 254 g/mol. The van der Waals surface area contributed by atoms with E-state index in [1.54, 1.807) is 0 Å². The van der Waals surface area contributed by atoms with Crippen molar-refractivity contribution < 1.29 is 5.11 Å². The standard InChI is InChI=1S/C13H19ClN2O/c1-10-11(14)3-2-4-12(10)16-7-5-13(15,9-17)6-8-16/h2-4,17H,5-9,15H2,1H3. The number of benzene rings is 1. The smallest absolute Gasteiger partial charge is 0.0612 e. The van der Waals surface area contributed by atoms with Crippen LogP contribution in [0.15, 0.2) is 18.2 Å². The van der Waals surface area contributed by atoms with Crippen LogP contribution < -0.4 is 10.6 Å². The van der Waals surface area contributed by atoms with Crippen LogP contribution in [0.1, 0.15) is 18.4 Å². The number of rotatable bonds is 2. The molecule has 1 aromatic rings. The molecule has 0 bridgehead atoms. The predicted octanol–water partition coefficient (Wildman–Crippen LogP) is 1.94. The fourth-order valence-corrected chi connectivity index (χ4v) is 2.46. The Bertz CT molecular complexity index is 400. The molecule has 0 saturated carbocycles. The Morgan fingerprint density at radius 1 is 1.41 bits per heavy atom.